The van der Waals surface area contributed by atoms with Crippen LogP contribution in [-0.2, 0) is 7.05 Å². The van der Waals surface area contributed by atoms with E-state index in [2.05, 4.69) is 25.6 Å². The quantitative estimate of drug-likeness (QED) is 0.508. The Morgan fingerprint density at radius 1 is 1.26 bits per heavy atom. The van der Waals surface area contributed by atoms with Crippen LogP contribution in [0.4, 0.5) is 15.8 Å². The van der Waals surface area contributed by atoms with Gasteiger partial charge in [-0.25, -0.2) is 9.37 Å². The van der Waals surface area contributed by atoms with E-state index >= 15 is 0 Å². The number of piperazine rings is 1. The summed E-state index contributed by atoms with van der Waals surface area (Å²) in [6, 6.07) is 6.70. The third-order valence-electron chi connectivity index (χ3n) is 5.31. The molecule has 2 N–H and O–H groups in total. The fourth-order valence-corrected chi connectivity index (χ4v) is 4.83. The number of aryl methyl sites for hydroxylation is 1. The number of hydrogen-bond acceptors (Lipinski definition) is 7. The van der Waals surface area contributed by atoms with Gasteiger partial charge in [-0.05, 0) is 24.3 Å². The number of anilines is 2. The highest BCUT2D eigenvalue weighted by atomic mass is 32.1. The van der Waals surface area contributed by atoms with Crippen molar-refractivity contribution in [3.63, 3.8) is 0 Å². The summed E-state index contributed by atoms with van der Waals surface area (Å²) in [4.78, 5) is 19.9. The number of rotatable bonds is 4. The Hall–Kier alpha value is -3.24. The van der Waals surface area contributed by atoms with E-state index in [0.717, 1.165) is 36.6 Å². The van der Waals surface area contributed by atoms with Crippen LogP contribution in [0.5, 0.6) is 5.19 Å². The molecule has 0 atom stereocenters. The molecule has 0 spiro atoms. The number of carbonyl (C=O) groups is 1. The van der Waals surface area contributed by atoms with E-state index in [9.17, 15) is 9.18 Å². The van der Waals surface area contributed by atoms with Crippen molar-refractivity contribution in [1.29, 1.82) is 0 Å². The second-order valence-electron chi connectivity index (χ2n) is 7.38. The molecule has 0 radical (unpaired) electrons. The molecule has 0 bridgehead atoms. The lowest BCUT2D eigenvalue weighted by Crippen LogP contribution is -2.43. The molecule has 5 rings (SSSR count). The number of aromatic nitrogens is 3. The molecule has 10 heteroatoms. The van der Waals surface area contributed by atoms with Crippen molar-refractivity contribution < 1.29 is 13.9 Å². The molecule has 4 aromatic rings. The number of hydrogen-bond donors (Lipinski definition) is 2. The molecule has 1 aliphatic rings. The van der Waals surface area contributed by atoms with Crippen LogP contribution in [-0.4, -0.2) is 54.0 Å². The monoisotopic (exact) mass is 440 g/mol. The molecule has 2 aromatic heterocycles. The summed E-state index contributed by atoms with van der Waals surface area (Å²) in [5, 5.41) is 11.4. The fourth-order valence-electron chi connectivity index (χ4n) is 3.88. The average Bonchev–Trinajstić information content (AvgIpc) is 3.37. The van der Waals surface area contributed by atoms with Crippen LogP contribution in [0.3, 0.4) is 0 Å². The maximum Gasteiger partial charge on any atom is 0.274 e. The molecule has 0 aliphatic carbocycles. The Balaban J connectivity index is 1.52. The van der Waals surface area contributed by atoms with Crippen molar-refractivity contribution in [2.45, 2.75) is 0 Å². The molecule has 1 saturated heterocycles. The van der Waals surface area contributed by atoms with Crippen LogP contribution >= 0.6 is 11.3 Å². The van der Waals surface area contributed by atoms with E-state index in [4.69, 9.17) is 4.74 Å². The number of methoxy groups -OCH3 is 1. The predicted molar refractivity (Wildman–Crippen MR) is 120 cm³/mol. The first-order valence-electron chi connectivity index (χ1n) is 9.91. The van der Waals surface area contributed by atoms with Crippen molar-refractivity contribution in [3.05, 3.63) is 41.8 Å². The van der Waals surface area contributed by atoms with Gasteiger partial charge in [-0.3, -0.25) is 9.48 Å². The number of carbonyl (C=O) groups excluding carboxylic acids is 1. The average molecular weight is 441 g/mol. The van der Waals surface area contributed by atoms with Gasteiger partial charge in [0.2, 0.25) is 0 Å². The summed E-state index contributed by atoms with van der Waals surface area (Å²) in [5.74, 6) is -0.838. The first kappa shape index (κ1) is 19.7. The smallest absolute Gasteiger partial charge is 0.274 e. The van der Waals surface area contributed by atoms with Crippen molar-refractivity contribution in [2.24, 2.45) is 7.05 Å². The van der Waals surface area contributed by atoms with Crippen molar-refractivity contribution in [3.8, 4) is 5.19 Å². The van der Waals surface area contributed by atoms with Crippen LogP contribution < -0.4 is 20.3 Å². The van der Waals surface area contributed by atoms with Gasteiger partial charge in [-0.2, -0.15) is 5.10 Å². The molecule has 0 unspecified atom stereocenters. The SMILES string of the molecule is COc1nc2c(C(=O)Nc3cc(F)c4nn(C)cc4c3)ccc(N3CCNCC3)c2s1. The second-order valence-corrected chi connectivity index (χ2v) is 8.35. The minimum absolute atomic E-state index is 0.271. The van der Waals surface area contributed by atoms with Crippen LogP contribution in [0.2, 0.25) is 0 Å². The van der Waals surface area contributed by atoms with Crippen LogP contribution in [0.15, 0.2) is 30.5 Å². The minimum atomic E-state index is -0.483. The summed E-state index contributed by atoms with van der Waals surface area (Å²) in [6.45, 7) is 3.57. The number of ether oxygens (including phenoxy) is 1. The minimum Gasteiger partial charge on any atom is -0.473 e. The van der Waals surface area contributed by atoms with Gasteiger partial charge in [-0.1, -0.05) is 11.3 Å². The van der Waals surface area contributed by atoms with Gasteiger partial charge in [0.1, 0.15) is 11.0 Å². The van der Waals surface area contributed by atoms with Gasteiger partial charge in [0.05, 0.1) is 23.1 Å². The fraction of sp³-hybridized carbons (Fsp3) is 0.286. The highest BCUT2D eigenvalue weighted by molar-refractivity contribution is 7.21. The number of nitrogens with zero attached hydrogens (tertiary/aromatic N) is 4. The third-order valence-corrected chi connectivity index (χ3v) is 6.35. The zero-order chi connectivity index (χ0) is 21.5. The first-order valence-corrected chi connectivity index (χ1v) is 10.7. The second kappa shape index (κ2) is 7.78. The third kappa shape index (κ3) is 3.57. The Bertz CT molecular complexity index is 1290. The number of fused-ring (bicyclic) bond motifs is 2. The molecule has 31 heavy (non-hydrogen) atoms. The summed E-state index contributed by atoms with van der Waals surface area (Å²) >= 11 is 1.42. The highest BCUT2D eigenvalue weighted by Crippen LogP contribution is 2.37. The molecule has 1 fully saturated rings. The standard InChI is InChI=1S/C21H21FN6O2S/c1-27-11-12-9-13(10-15(22)17(12)26-27)24-20(29)14-3-4-16(28-7-5-23-6-8-28)19-18(14)25-21(30-2)31-19/h3-4,9-11,23H,5-8H2,1-2H3,(H,24,29). The van der Waals surface area contributed by atoms with E-state index in [1.165, 1.54) is 17.4 Å². The van der Waals surface area contributed by atoms with Crippen LogP contribution in [0.25, 0.3) is 21.1 Å². The topological polar surface area (TPSA) is 84.3 Å². The van der Waals surface area contributed by atoms with Gasteiger partial charge >= 0.3 is 0 Å². The molecule has 2 aromatic carbocycles. The predicted octanol–water partition coefficient (Wildman–Crippen LogP) is 2.99. The van der Waals surface area contributed by atoms with E-state index in [1.807, 2.05) is 6.07 Å². The highest BCUT2D eigenvalue weighted by Gasteiger charge is 2.22. The van der Waals surface area contributed by atoms with E-state index in [1.54, 1.807) is 37.2 Å². The normalized spacial score (nSPS) is 14.4. The summed E-state index contributed by atoms with van der Waals surface area (Å²) in [7, 11) is 3.29. The Kier molecular flexibility index (Phi) is 4.95. The molecular formula is C21H21FN6O2S. The Labute approximate surface area is 181 Å². The number of halogens is 1. The van der Waals surface area contributed by atoms with Crippen LogP contribution in [0.1, 0.15) is 10.4 Å². The Morgan fingerprint density at radius 3 is 2.84 bits per heavy atom. The zero-order valence-corrected chi connectivity index (χ0v) is 17.9. The van der Waals surface area contributed by atoms with Crippen molar-refractivity contribution in [1.82, 2.24) is 20.1 Å². The van der Waals surface area contributed by atoms with E-state index in [0.29, 0.717) is 27.3 Å². The molecule has 0 saturated carbocycles. The largest absolute Gasteiger partial charge is 0.473 e. The molecule has 1 amide bonds. The first-order chi connectivity index (χ1) is 15.0. The molecule has 8 nitrogen and oxygen atoms in total. The van der Waals surface area contributed by atoms with E-state index < -0.39 is 5.82 Å². The molecule has 1 aliphatic heterocycles. The zero-order valence-electron chi connectivity index (χ0n) is 17.1. The Morgan fingerprint density at radius 2 is 2.06 bits per heavy atom. The summed E-state index contributed by atoms with van der Waals surface area (Å²) < 4.78 is 22.2. The van der Waals surface area contributed by atoms with Crippen molar-refractivity contribution in [2.75, 3.05) is 43.5 Å². The number of nitrogens with one attached hydrogen (secondary N) is 2. The summed E-state index contributed by atoms with van der Waals surface area (Å²) in [6.07, 6.45) is 1.71. The maximum absolute atomic E-state index is 14.4. The lowest BCUT2D eigenvalue weighted by atomic mass is 10.1. The maximum atomic E-state index is 14.4. The number of thiazole rings is 1. The van der Waals surface area contributed by atoms with E-state index in [-0.39, 0.29) is 11.4 Å². The molecule has 3 heterocycles. The van der Waals surface area contributed by atoms with Gasteiger partial charge in [0.15, 0.2) is 5.82 Å². The van der Waals surface area contributed by atoms with Gasteiger partial charge in [0, 0.05) is 50.5 Å². The van der Waals surface area contributed by atoms with Gasteiger partial charge in [0.25, 0.3) is 11.1 Å². The lowest BCUT2D eigenvalue weighted by molar-refractivity contribution is 0.102. The molecular weight excluding hydrogens is 419 g/mol. The summed E-state index contributed by atoms with van der Waals surface area (Å²) in [5.41, 5.74) is 2.67. The van der Waals surface area contributed by atoms with Crippen LogP contribution in [0, 0.1) is 5.82 Å². The van der Waals surface area contributed by atoms with Gasteiger partial charge in [-0.15, -0.1) is 0 Å². The number of amides is 1. The van der Waals surface area contributed by atoms with Crippen molar-refractivity contribution >= 4 is 49.7 Å². The lowest BCUT2D eigenvalue weighted by Gasteiger charge is -2.29. The van der Waals surface area contributed by atoms with Gasteiger partial charge < -0.3 is 20.3 Å². The number of benzene rings is 2. The molecule has 160 valence electrons.